The topological polar surface area (TPSA) is 60.9 Å². The van der Waals surface area contributed by atoms with Gasteiger partial charge in [0.15, 0.2) is 0 Å². The summed E-state index contributed by atoms with van der Waals surface area (Å²) in [6.07, 6.45) is 6.49. The summed E-state index contributed by atoms with van der Waals surface area (Å²) in [5.41, 5.74) is 0.969. The normalized spacial score (nSPS) is 24.8. The maximum absolute atomic E-state index is 12.9. The van der Waals surface area contributed by atoms with Crippen molar-refractivity contribution in [2.24, 2.45) is 5.92 Å². The van der Waals surface area contributed by atoms with Gasteiger partial charge in [0.05, 0.1) is 19.0 Å². The molecule has 3 aliphatic heterocycles. The molecular weight excluding hydrogens is 366 g/mol. The molecule has 29 heavy (non-hydrogen) atoms. The van der Waals surface area contributed by atoms with Gasteiger partial charge in [-0.05, 0) is 44.3 Å². The minimum Gasteiger partial charge on any atom is -0.342 e. The van der Waals surface area contributed by atoms with Crippen LogP contribution in [0, 0.1) is 5.92 Å². The van der Waals surface area contributed by atoms with Crippen molar-refractivity contribution in [3.8, 4) is 0 Å². The van der Waals surface area contributed by atoms with Crippen molar-refractivity contribution in [2.45, 2.75) is 57.5 Å². The van der Waals surface area contributed by atoms with E-state index in [-0.39, 0.29) is 30.2 Å². The van der Waals surface area contributed by atoms with Gasteiger partial charge >= 0.3 is 0 Å². The maximum atomic E-state index is 12.9. The third kappa shape index (κ3) is 4.53. The second-order valence-corrected chi connectivity index (χ2v) is 8.57. The number of rotatable bonds is 4. The first-order valence-corrected chi connectivity index (χ1v) is 11.0. The number of amides is 3. The third-order valence-corrected chi connectivity index (χ3v) is 6.64. The minimum atomic E-state index is -0.361. The van der Waals surface area contributed by atoms with Crippen molar-refractivity contribution in [2.75, 3.05) is 26.2 Å². The number of hydrogen-bond acceptors (Lipinski definition) is 4. The molecule has 0 aromatic heterocycles. The molecule has 1 aromatic carbocycles. The molecule has 4 rings (SSSR count). The number of carbonyl (C=O) groups excluding carboxylic acids is 3. The summed E-state index contributed by atoms with van der Waals surface area (Å²) < 4.78 is 0. The largest absolute Gasteiger partial charge is 0.342 e. The number of hydrogen-bond donors (Lipinski definition) is 0. The molecule has 3 saturated heterocycles. The molecule has 1 aromatic rings. The van der Waals surface area contributed by atoms with Crippen molar-refractivity contribution in [1.82, 2.24) is 14.7 Å². The molecule has 3 fully saturated rings. The molecule has 3 heterocycles. The van der Waals surface area contributed by atoms with Crippen LogP contribution < -0.4 is 0 Å². The predicted octanol–water partition coefficient (Wildman–Crippen LogP) is 2.43. The molecule has 0 bridgehead atoms. The van der Waals surface area contributed by atoms with Crippen molar-refractivity contribution in [1.29, 1.82) is 0 Å². The maximum Gasteiger partial charge on any atom is 0.247 e. The summed E-state index contributed by atoms with van der Waals surface area (Å²) in [6.45, 7) is 3.56. The van der Waals surface area contributed by atoms with Crippen LogP contribution in [0.2, 0.25) is 0 Å². The van der Waals surface area contributed by atoms with E-state index in [0.29, 0.717) is 25.5 Å². The van der Waals surface area contributed by atoms with E-state index < -0.39 is 0 Å². The number of benzene rings is 1. The number of piperidine rings is 1. The highest BCUT2D eigenvalue weighted by Crippen LogP contribution is 2.27. The Hall–Kier alpha value is -2.21. The van der Waals surface area contributed by atoms with Crippen LogP contribution in [0.4, 0.5) is 0 Å². The summed E-state index contributed by atoms with van der Waals surface area (Å²) in [5, 5.41) is 0. The predicted molar refractivity (Wildman–Crippen MR) is 110 cm³/mol. The van der Waals surface area contributed by atoms with E-state index >= 15 is 0 Å². The highest BCUT2D eigenvalue weighted by atomic mass is 16.2. The second-order valence-electron chi connectivity index (χ2n) is 8.57. The Morgan fingerprint density at radius 3 is 2.21 bits per heavy atom. The zero-order chi connectivity index (χ0) is 20.2. The summed E-state index contributed by atoms with van der Waals surface area (Å²) >= 11 is 0. The fourth-order valence-electron chi connectivity index (χ4n) is 4.89. The van der Waals surface area contributed by atoms with Gasteiger partial charge in [0.1, 0.15) is 0 Å². The molecule has 0 unspecified atom stereocenters. The van der Waals surface area contributed by atoms with Crippen molar-refractivity contribution in [3.63, 3.8) is 0 Å². The number of likely N-dealkylation sites (tertiary alicyclic amines) is 3. The standard InChI is InChI=1S/C23H31N3O3/c27-21-16-20(23(29)26(21)17-18-8-4-3-5-9-18)24-14-10-19(11-15-24)22(28)25-12-6-1-2-7-13-25/h3-5,8-9,19-20H,1-2,6-7,10-17H2/t20-/m1/s1. The van der Waals surface area contributed by atoms with Crippen LogP contribution in [-0.4, -0.2) is 64.6 Å². The average Bonchev–Trinajstić information content (AvgIpc) is 2.95. The molecule has 1 atom stereocenters. The average molecular weight is 398 g/mol. The van der Waals surface area contributed by atoms with Crippen molar-refractivity contribution >= 4 is 17.7 Å². The first kappa shape index (κ1) is 20.1. The molecule has 3 amide bonds. The summed E-state index contributed by atoms with van der Waals surface area (Å²) in [4.78, 5) is 43.8. The SMILES string of the molecule is O=C(C1CCN([C@@H]2CC(=O)N(Cc3ccccc3)C2=O)CC1)N1CCCCCC1. The van der Waals surface area contributed by atoms with Crippen molar-refractivity contribution < 1.29 is 14.4 Å². The van der Waals surface area contributed by atoms with E-state index in [4.69, 9.17) is 0 Å². The van der Waals surface area contributed by atoms with Gasteiger partial charge in [0.2, 0.25) is 17.7 Å². The quantitative estimate of drug-likeness (QED) is 0.732. The number of carbonyl (C=O) groups is 3. The third-order valence-electron chi connectivity index (χ3n) is 6.64. The van der Waals surface area contributed by atoms with Crippen LogP contribution in [0.1, 0.15) is 50.5 Å². The van der Waals surface area contributed by atoms with Crippen LogP contribution in [-0.2, 0) is 20.9 Å². The van der Waals surface area contributed by atoms with Gasteiger partial charge in [0.25, 0.3) is 0 Å². The van der Waals surface area contributed by atoms with Gasteiger partial charge in [-0.3, -0.25) is 24.2 Å². The molecule has 0 spiro atoms. The first-order valence-electron chi connectivity index (χ1n) is 11.0. The fourth-order valence-corrected chi connectivity index (χ4v) is 4.89. The molecular formula is C23H31N3O3. The molecule has 0 N–H and O–H groups in total. The smallest absolute Gasteiger partial charge is 0.247 e. The van der Waals surface area contributed by atoms with Gasteiger partial charge in [0, 0.05) is 19.0 Å². The Labute approximate surface area is 172 Å². The van der Waals surface area contributed by atoms with Gasteiger partial charge in [-0.15, -0.1) is 0 Å². The first-order chi connectivity index (χ1) is 14.1. The van der Waals surface area contributed by atoms with Crippen molar-refractivity contribution in [3.05, 3.63) is 35.9 Å². The van der Waals surface area contributed by atoms with E-state index in [0.717, 1.165) is 44.3 Å². The Kier molecular flexibility index (Phi) is 6.28. The van der Waals surface area contributed by atoms with Crippen LogP contribution in [0.15, 0.2) is 30.3 Å². The highest BCUT2D eigenvalue weighted by Gasteiger charge is 2.43. The Morgan fingerprint density at radius 2 is 1.55 bits per heavy atom. The molecule has 3 aliphatic rings. The Bertz CT molecular complexity index is 735. The van der Waals surface area contributed by atoms with E-state index in [1.54, 1.807) is 0 Å². The molecule has 0 saturated carbocycles. The molecule has 6 nitrogen and oxygen atoms in total. The molecule has 0 aliphatic carbocycles. The van der Waals surface area contributed by atoms with Gasteiger partial charge in [-0.2, -0.15) is 0 Å². The highest BCUT2D eigenvalue weighted by molar-refractivity contribution is 6.05. The molecule has 0 radical (unpaired) electrons. The lowest BCUT2D eigenvalue weighted by Crippen LogP contribution is -2.48. The summed E-state index contributed by atoms with van der Waals surface area (Å²) in [5.74, 6) is 0.186. The van der Waals surface area contributed by atoms with Crippen LogP contribution in [0.5, 0.6) is 0 Å². The Balaban J connectivity index is 1.32. The lowest BCUT2D eigenvalue weighted by atomic mass is 9.94. The number of nitrogens with zero attached hydrogens (tertiary/aromatic N) is 3. The molecule has 6 heteroatoms. The van der Waals surface area contributed by atoms with Crippen LogP contribution in [0.3, 0.4) is 0 Å². The van der Waals surface area contributed by atoms with E-state index in [1.807, 2.05) is 30.3 Å². The lowest BCUT2D eigenvalue weighted by molar-refractivity contribution is -0.140. The molecule has 156 valence electrons. The zero-order valence-corrected chi connectivity index (χ0v) is 17.1. The lowest BCUT2D eigenvalue weighted by Gasteiger charge is -2.36. The summed E-state index contributed by atoms with van der Waals surface area (Å²) in [6, 6.07) is 9.28. The van der Waals surface area contributed by atoms with E-state index in [1.165, 1.54) is 17.7 Å². The van der Waals surface area contributed by atoms with Gasteiger partial charge in [-0.25, -0.2) is 0 Å². The minimum absolute atomic E-state index is 0.0666. The zero-order valence-electron chi connectivity index (χ0n) is 17.1. The van der Waals surface area contributed by atoms with E-state index in [2.05, 4.69) is 9.80 Å². The van der Waals surface area contributed by atoms with Crippen LogP contribution >= 0.6 is 0 Å². The van der Waals surface area contributed by atoms with Gasteiger partial charge < -0.3 is 4.90 Å². The Morgan fingerprint density at radius 1 is 0.897 bits per heavy atom. The second kappa shape index (κ2) is 9.08. The number of imide groups is 1. The van der Waals surface area contributed by atoms with E-state index in [9.17, 15) is 14.4 Å². The van der Waals surface area contributed by atoms with Crippen LogP contribution in [0.25, 0.3) is 0 Å². The fraction of sp³-hybridized carbons (Fsp3) is 0.609. The van der Waals surface area contributed by atoms with Gasteiger partial charge in [-0.1, -0.05) is 43.2 Å². The monoisotopic (exact) mass is 397 g/mol. The summed E-state index contributed by atoms with van der Waals surface area (Å²) in [7, 11) is 0.